The molecule has 2 rings (SSSR count). The van der Waals surface area contributed by atoms with Gasteiger partial charge in [-0.05, 0) is 24.3 Å². The van der Waals surface area contributed by atoms with E-state index in [2.05, 4.69) is 15.3 Å². The molecule has 0 unspecified atom stereocenters. The van der Waals surface area contributed by atoms with Crippen molar-refractivity contribution in [2.45, 2.75) is 12.7 Å². The zero-order valence-electron chi connectivity index (χ0n) is 9.28. The average molecular weight is 253 g/mol. The third kappa shape index (κ3) is 3.19. The Morgan fingerprint density at radius 2 is 1.78 bits per heavy atom. The van der Waals surface area contributed by atoms with Crippen LogP contribution in [-0.2, 0) is 12.7 Å². The fraction of sp³-hybridized carbons (Fsp3) is 0.167. The molecule has 0 saturated heterocycles. The average Bonchev–Trinajstić information content (AvgIpc) is 2.37. The molecule has 1 N–H and O–H groups in total. The van der Waals surface area contributed by atoms with Crippen molar-refractivity contribution < 1.29 is 13.2 Å². The van der Waals surface area contributed by atoms with Crippen LogP contribution in [0.4, 0.5) is 18.9 Å². The fourth-order valence-corrected chi connectivity index (χ4v) is 1.39. The Morgan fingerprint density at radius 3 is 2.33 bits per heavy atom. The van der Waals surface area contributed by atoms with Crippen LogP contribution >= 0.6 is 0 Å². The van der Waals surface area contributed by atoms with Gasteiger partial charge in [-0.25, -0.2) is 0 Å². The molecule has 0 aliphatic heterocycles. The topological polar surface area (TPSA) is 37.8 Å². The molecule has 0 spiro atoms. The Labute approximate surface area is 102 Å². The van der Waals surface area contributed by atoms with E-state index in [1.54, 1.807) is 18.6 Å². The summed E-state index contributed by atoms with van der Waals surface area (Å²) in [6, 6.07) is 4.86. The Kier molecular flexibility index (Phi) is 3.45. The molecule has 3 nitrogen and oxygen atoms in total. The molecule has 2 aromatic rings. The van der Waals surface area contributed by atoms with Gasteiger partial charge in [0.25, 0.3) is 0 Å². The lowest BCUT2D eigenvalue weighted by molar-refractivity contribution is -0.137. The number of nitrogens with one attached hydrogen (secondary N) is 1. The number of hydrogen-bond donors (Lipinski definition) is 1. The smallest absolute Gasteiger partial charge is 0.379 e. The maximum absolute atomic E-state index is 12.3. The monoisotopic (exact) mass is 253 g/mol. The van der Waals surface area contributed by atoms with Crippen LogP contribution in [0.15, 0.2) is 42.9 Å². The molecule has 94 valence electrons. The summed E-state index contributed by atoms with van der Waals surface area (Å²) < 4.78 is 37.0. The Bertz CT molecular complexity index is 494. The lowest BCUT2D eigenvalue weighted by Crippen LogP contribution is -2.05. The van der Waals surface area contributed by atoms with Gasteiger partial charge in [-0.3, -0.25) is 9.97 Å². The predicted octanol–water partition coefficient (Wildman–Crippen LogP) is 3.11. The molecule has 0 radical (unpaired) electrons. The fourth-order valence-electron chi connectivity index (χ4n) is 1.39. The highest BCUT2D eigenvalue weighted by Gasteiger charge is 2.29. The summed E-state index contributed by atoms with van der Waals surface area (Å²) in [5.74, 6) is 0. The summed E-state index contributed by atoms with van der Waals surface area (Å²) in [4.78, 5) is 7.94. The van der Waals surface area contributed by atoms with E-state index in [4.69, 9.17) is 0 Å². The molecule has 0 amide bonds. The van der Waals surface area contributed by atoms with Gasteiger partial charge in [-0.2, -0.15) is 13.2 Å². The molecule has 0 saturated carbocycles. The summed E-state index contributed by atoms with van der Waals surface area (Å²) in [6.07, 6.45) is 0.409. The van der Waals surface area contributed by atoms with Gasteiger partial charge in [0.15, 0.2) is 0 Å². The minimum Gasteiger partial charge on any atom is -0.379 e. The lowest BCUT2D eigenvalue weighted by Gasteiger charge is -2.09. The summed E-state index contributed by atoms with van der Waals surface area (Å²) in [7, 11) is 0. The van der Waals surface area contributed by atoms with Crippen molar-refractivity contribution >= 4 is 5.69 Å². The maximum Gasteiger partial charge on any atom is 0.416 e. The van der Waals surface area contributed by atoms with E-state index in [1.807, 2.05) is 0 Å². The van der Waals surface area contributed by atoms with E-state index >= 15 is 0 Å². The Hall–Kier alpha value is -2.11. The molecule has 0 fully saturated rings. The first-order chi connectivity index (χ1) is 8.55. The third-order valence-electron chi connectivity index (χ3n) is 2.30. The highest BCUT2D eigenvalue weighted by Crippen LogP contribution is 2.29. The number of anilines is 1. The normalized spacial score (nSPS) is 11.3. The molecule has 0 aliphatic carbocycles. The first-order valence-corrected chi connectivity index (χ1v) is 5.22. The van der Waals surface area contributed by atoms with Crippen LogP contribution in [0.25, 0.3) is 0 Å². The van der Waals surface area contributed by atoms with Gasteiger partial charge in [0.05, 0.1) is 24.0 Å². The molecular formula is C12H10F3N3. The van der Waals surface area contributed by atoms with Crippen LogP contribution in [0.1, 0.15) is 11.3 Å². The predicted molar refractivity (Wildman–Crippen MR) is 60.8 cm³/mol. The molecule has 0 bridgehead atoms. The van der Waals surface area contributed by atoms with Gasteiger partial charge in [0, 0.05) is 18.1 Å². The minimum absolute atomic E-state index is 0.416. The van der Waals surface area contributed by atoms with Crippen LogP contribution in [0.2, 0.25) is 0 Å². The Balaban J connectivity index is 1.99. The van der Waals surface area contributed by atoms with Crippen molar-refractivity contribution in [2.75, 3.05) is 5.32 Å². The van der Waals surface area contributed by atoms with Crippen LogP contribution in [0.5, 0.6) is 0 Å². The lowest BCUT2D eigenvalue weighted by atomic mass is 10.2. The number of rotatable bonds is 3. The second kappa shape index (κ2) is 5.03. The van der Waals surface area contributed by atoms with E-state index in [0.717, 1.165) is 17.8 Å². The standard InChI is InChI=1S/C12H10F3N3/c13-12(14,15)9-1-3-10(4-2-9)18-8-11-7-16-5-6-17-11/h1-7,18H,8H2. The van der Waals surface area contributed by atoms with Crippen molar-refractivity contribution in [3.63, 3.8) is 0 Å². The minimum atomic E-state index is -4.30. The molecule has 0 atom stereocenters. The zero-order chi connectivity index (χ0) is 13.0. The van der Waals surface area contributed by atoms with Gasteiger partial charge < -0.3 is 5.32 Å². The maximum atomic E-state index is 12.3. The van der Waals surface area contributed by atoms with E-state index in [0.29, 0.717) is 12.2 Å². The van der Waals surface area contributed by atoms with Crippen molar-refractivity contribution in [2.24, 2.45) is 0 Å². The second-order valence-electron chi connectivity index (χ2n) is 3.63. The first kappa shape index (κ1) is 12.3. The highest BCUT2D eigenvalue weighted by molar-refractivity contribution is 5.45. The summed E-state index contributed by atoms with van der Waals surface area (Å²) in [5, 5.41) is 2.97. The molecule has 18 heavy (non-hydrogen) atoms. The zero-order valence-corrected chi connectivity index (χ0v) is 9.28. The van der Waals surface area contributed by atoms with E-state index in [9.17, 15) is 13.2 Å². The number of halogens is 3. The first-order valence-electron chi connectivity index (χ1n) is 5.22. The van der Waals surface area contributed by atoms with Gasteiger partial charge >= 0.3 is 6.18 Å². The molecule has 1 heterocycles. The molecule has 6 heteroatoms. The van der Waals surface area contributed by atoms with Gasteiger partial charge in [0.2, 0.25) is 0 Å². The number of alkyl halides is 3. The van der Waals surface area contributed by atoms with Gasteiger partial charge in [0.1, 0.15) is 0 Å². The number of benzene rings is 1. The second-order valence-corrected chi connectivity index (χ2v) is 3.63. The summed E-state index contributed by atoms with van der Waals surface area (Å²) in [5.41, 5.74) is 0.665. The molecule has 1 aromatic heterocycles. The van der Waals surface area contributed by atoms with Gasteiger partial charge in [-0.1, -0.05) is 0 Å². The van der Waals surface area contributed by atoms with E-state index in [1.165, 1.54) is 12.1 Å². The largest absolute Gasteiger partial charge is 0.416 e. The van der Waals surface area contributed by atoms with Crippen LogP contribution < -0.4 is 5.32 Å². The summed E-state index contributed by atoms with van der Waals surface area (Å²) in [6.45, 7) is 0.416. The van der Waals surface area contributed by atoms with Gasteiger partial charge in [-0.15, -0.1) is 0 Å². The van der Waals surface area contributed by atoms with Crippen LogP contribution in [-0.4, -0.2) is 9.97 Å². The van der Waals surface area contributed by atoms with Crippen LogP contribution in [0, 0.1) is 0 Å². The molecule has 0 aliphatic rings. The van der Waals surface area contributed by atoms with E-state index in [-0.39, 0.29) is 0 Å². The quantitative estimate of drug-likeness (QED) is 0.913. The number of aromatic nitrogens is 2. The Morgan fingerprint density at radius 1 is 1.06 bits per heavy atom. The molecule has 1 aromatic carbocycles. The van der Waals surface area contributed by atoms with Crippen molar-refractivity contribution in [1.29, 1.82) is 0 Å². The van der Waals surface area contributed by atoms with Crippen molar-refractivity contribution in [3.8, 4) is 0 Å². The number of hydrogen-bond acceptors (Lipinski definition) is 3. The van der Waals surface area contributed by atoms with Crippen molar-refractivity contribution in [3.05, 3.63) is 54.1 Å². The van der Waals surface area contributed by atoms with Crippen LogP contribution in [0.3, 0.4) is 0 Å². The van der Waals surface area contributed by atoms with Crippen molar-refractivity contribution in [1.82, 2.24) is 9.97 Å². The van der Waals surface area contributed by atoms with E-state index < -0.39 is 11.7 Å². The highest BCUT2D eigenvalue weighted by atomic mass is 19.4. The summed E-state index contributed by atoms with van der Waals surface area (Å²) >= 11 is 0. The molecular weight excluding hydrogens is 243 g/mol. The third-order valence-corrected chi connectivity index (χ3v) is 2.30. The number of nitrogens with zero attached hydrogens (tertiary/aromatic N) is 2. The SMILES string of the molecule is FC(F)(F)c1ccc(NCc2cnccn2)cc1.